The van der Waals surface area contributed by atoms with Crippen LogP contribution in [0.25, 0.3) is 0 Å². The van der Waals surface area contributed by atoms with Crippen molar-refractivity contribution in [3.63, 3.8) is 0 Å². The minimum absolute atomic E-state index is 0.179. The highest BCUT2D eigenvalue weighted by molar-refractivity contribution is 5.92. The minimum atomic E-state index is -0.179. The van der Waals surface area contributed by atoms with Crippen molar-refractivity contribution in [3.05, 3.63) is 35.9 Å². The van der Waals surface area contributed by atoms with Crippen LogP contribution in [0.1, 0.15) is 25.5 Å². The van der Waals surface area contributed by atoms with Gasteiger partial charge < -0.3 is 9.47 Å². The molecule has 0 spiro atoms. The zero-order valence-corrected chi connectivity index (χ0v) is 10.8. The number of hydrogen-bond donors (Lipinski definition) is 0. The Hall–Kier alpha value is -1.84. The van der Waals surface area contributed by atoms with Gasteiger partial charge in [-0.1, -0.05) is 30.3 Å². The third-order valence-electron chi connectivity index (χ3n) is 2.60. The average Bonchev–Trinajstić information content (AvgIpc) is 2.42. The molecule has 0 unspecified atom stereocenters. The highest BCUT2D eigenvalue weighted by Crippen LogP contribution is 2.23. The summed E-state index contributed by atoms with van der Waals surface area (Å²) in [6, 6.07) is 9.83. The molecule has 18 heavy (non-hydrogen) atoms. The van der Waals surface area contributed by atoms with Crippen molar-refractivity contribution >= 4 is 11.8 Å². The summed E-state index contributed by atoms with van der Waals surface area (Å²) >= 11 is 0. The van der Waals surface area contributed by atoms with E-state index in [0.717, 1.165) is 5.56 Å². The Balaban J connectivity index is 2.25. The summed E-state index contributed by atoms with van der Waals surface area (Å²) in [6.07, 6.45) is 0. The second kappa shape index (κ2) is 6.19. The van der Waals surface area contributed by atoms with Gasteiger partial charge in [-0.05, 0) is 19.4 Å². The normalized spacial score (nSPS) is 18.9. The number of rotatable bonds is 3. The Bertz CT molecular complexity index is 440. The molecule has 96 valence electrons. The molecular formula is C14H18N2O2. The van der Waals surface area contributed by atoms with E-state index in [1.807, 2.05) is 44.2 Å². The summed E-state index contributed by atoms with van der Waals surface area (Å²) in [5.41, 5.74) is 1.07. The summed E-state index contributed by atoms with van der Waals surface area (Å²) in [7, 11) is 0. The predicted molar refractivity (Wildman–Crippen MR) is 72.2 cm³/mol. The van der Waals surface area contributed by atoms with Crippen LogP contribution in [0.4, 0.5) is 0 Å². The van der Waals surface area contributed by atoms with E-state index >= 15 is 0 Å². The molecule has 2 rings (SSSR count). The molecule has 0 fully saturated rings. The second-order valence-electron chi connectivity index (χ2n) is 3.86. The van der Waals surface area contributed by atoms with Crippen molar-refractivity contribution in [2.45, 2.75) is 19.9 Å². The molecule has 0 saturated heterocycles. The maximum absolute atomic E-state index is 5.56. The van der Waals surface area contributed by atoms with Gasteiger partial charge in [-0.3, -0.25) is 0 Å². The van der Waals surface area contributed by atoms with Gasteiger partial charge in [0.2, 0.25) is 11.8 Å². The molecule has 0 amide bonds. The third-order valence-corrected chi connectivity index (χ3v) is 2.60. The molecule has 0 aromatic heterocycles. The smallest absolute Gasteiger partial charge is 0.214 e. The van der Waals surface area contributed by atoms with Crippen LogP contribution in [0.15, 0.2) is 40.3 Å². The number of nitrogens with zero attached hydrogens (tertiary/aromatic N) is 2. The van der Waals surface area contributed by atoms with Crippen LogP contribution in [0, 0.1) is 0 Å². The van der Waals surface area contributed by atoms with E-state index in [9.17, 15) is 0 Å². The van der Waals surface area contributed by atoms with Crippen molar-refractivity contribution in [3.8, 4) is 0 Å². The van der Waals surface area contributed by atoms with Gasteiger partial charge in [0.05, 0.1) is 13.2 Å². The van der Waals surface area contributed by atoms with Crippen molar-refractivity contribution in [2.24, 2.45) is 9.98 Å². The Morgan fingerprint density at radius 1 is 1.11 bits per heavy atom. The van der Waals surface area contributed by atoms with Crippen LogP contribution < -0.4 is 0 Å². The number of ether oxygens (including phenoxy) is 2. The van der Waals surface area contributed by atoms with E-state index in [-0.39, 0.29) is 6.04 Å². The standard InChI is InChI=1S/C14H18N2O2/c1-3-17-12-10-15-14(18-4-2)13(16-12)11-8-6-5-7-9-11/h5-9,13H,3-4,10H2,1-2H3/t13-/m1/s1. The van der Waals surface area contributed by atoms with Gasteiger partial charge in [0.15, 0.2) is 6.04 Å². The summed E-state index contributed by atoms with van der Waals surface area (Å²) in [4.78, 5) is 9.00. The van der Waals surface area contributed by atoms with Crippen LogP contribution in [0.2, 0.25) is 0 Å². The maximum Gasteiger partial charge on any atom is 0.214 e. The number of aliphatic imine (C=N–C) groups is 2. The monoisotopic (exact) mass is 246 g/mol. The number of hydrogen-bond acceptors (Lipinski definition) is 4. The molecule has 0 N–H and O–H groups in total. The van der Waals surface area contributed by atoms with E-state index in [4.69, 9.17) is 9.47 Å². The lowest BCUT2D eigenvalue weighted by molar-refractivity contribution is 0.294. The quantitative estimate of drug-likeness (QED) is 0.822. The molecule has 1 aromatic carbocycles. The molecule has 1 aliphatic heterocycles. The summed E-state index contributed by atoms with van der Waals surface area (Å²) in [5, 5.41) is 0. The molecule has 4 nitrogen and oxygen atoms in total. The Kier molecular flexibility index (Phi) is 4.34. The first-order valence-corrected chi connectivity index (χ1v) is 6.26. The molecule has 0 bridgehead atoms. The first-order chi connectivity index (χ1) is 8.85. The first-order valence-electron chi connectivity index (χ1n) is 6.26. The van der Waals surface area contributed by atoms with E-state index in [1.165, 1.54) is 0 Å². The predicted octanol–water partition coefficient (Wildman–Crippen LogP) is 2.61. The van der Waals surface area contributed by atoms with Gasteiger partial charge in [-0.25, -0.2) is 9.98 Å². The van der Waals surface area contributed by atoms with E-state index < -0.39 is 0 Å². The summed E-state index contributed by atoms with van der Waals surface area (Å²) < 4.78 is 11.0. The average molecular weight is 246 g/mol. The molecule has 1 atom stereocenters. The largest absolute Gasteiger partial charge is 0.480 e. The fraction of sp³-hybridized carbons (Fsp3) is 0.429. The molecule has 0 aliphatic carbocycles. The number of benzene rings is 1. The third kappa shape index (κ3) is 2.88. The van der Waals surface area contributed by atoms with Crippen LogP contribution in [-0.4, -0.2) is 31.6 Å². The van der Waals surface area contributed by atoms with Crippen LogP contribution in [0.3, 0.4) is 0 Å². The van der Waals surface area contributed by atoms with Gasteiger partial charge in [0.25, 0.3) is 0 Å². The van der Waals surface area contributed by atoms with Gasteiger partial charge in [0, 0.05) is 0 Å². The molecule has 1 aliphatic rings. The van der Waals surface area contributed by atoms with E-state index in [2.05, 4.69) is 9.98 Å². The first kappa shape index (κ1) is 12.6. The molecule has 1 aromatic rings. The second-order valence-corrected chi connectivity index (χ2v) is 3.86. The molecule has 0 saturated carbocycles. The van der Waals surface area contributed by atoms with Gasteiger partial charge >= 0.3 is 0 Å². The van der Waals surface area contributed by atoms with Gasteiger partial charge in [-0.15, -0.1) is 0 Å². The Labute approximate surface area is 107 Å². The van der Waals surface area contributed by atoms with Crippen LogP contribution >= 0.6 is 0 Å². The van der Waals surface area contributed by atoms with Gasteiger partial charge in [-0.2, -0.15) is 0 Å². The van der Waals surface area contributed by atoms with Crippen molar-refractivity contribution in [2.75, 3.05) is 19.8 Å². The Morgan fingerprint density at radius 3 is 2.50 bits per heavy atom. The fourth-order valence-corrected chi connectivity index (χ4v) is 1.85. The van der Waals surface area contributed by atoms with E-state index in [0.29, 0.717) is 31.6 Å². The topological polar surface area (TPSA) is 43.2 Å². The minimum Gasteiger partial charge on any atom is -0.480 e. The van der Waals surface area contributed by atoms with Crippen LogP contribution in [0.5, 0.6) is 0 Å². The Morgan fingerprint density at radius 2 is 1.83 bits per heavy atom. The summed E-state index contributed by atoms with van der Waals surface area (Å²) in [6.45, 7) is 5.57. The molecule has 1 heterocycles. The molecule has 4 heteroatoms. The highest BCUT2D eigenvalue weighted by atomic mass is 16.5. The fourth-order valence-electron chi connectivity index (χ4n) is 1.85. The van der Waals surface area contributed by atoms with Gasteiger partial charge in [0.1, 0.15) is 6.54 Å². The lowest BCUT2D eigenvalue weighted by atomic mass is 10.1. The summed E-state index contributed by atoms with van der Waals surface area (Å²) in [5.74, 6) is 1.35. The van der Waals surface area contributed by atoms with E-state index in [1.54, 1.807) is 0 Å². The molecule has 0 radical (unpaired) electrons. The zero-order valence-electron chi connectivity index (χ0n) is 10.8. The lowest BCUT2D eigenvalue weighted by Crippen LogP contribution is -2.24. The van der Waals surface area contributed by atoms with Crippen LogP contribution in [-0.2, 0) is 9.47 Å². The highest BCUT2D eigenvalue weighted by Gasteiger charge is 2.23. The zero-order chi connectivity index (χ0) is 12.8. The van der Waals surface area contributed by atoms with Crippen molar-refractivity contribution in [1.82, 2.24) is 0 Å². The maximum atomic E-state index is 5.56. The van der Waals surface area contributed by atoms with Crippen molar-refractivity contribution in [1.29, 1.82) is 0 Å². The lowest BCUT2D eigenvalue weighted by Gasteiger charge is -2.21. The van der Waals surface area contributed by atoms with Crippen molar-refractivity contribution < 1.29 is 9.47 Å². The molecular weight excluding hydrogens is 228 g/mol. The SMILES string of the molecule is CCOC1=N[C@H](c2ccccc2)C(OCC)=NC1.